The van der Waals surface area contributed by atoms with E-state index in [0.29, 0.717) is 14.9 Å². The molecular weight excluding hydrogens is 277 g/mol. The van der Waals surface area contributed by atoms with Gasteiger partial charge in [0.1, 0.15) is 0 Å². The Morgan fingerprint density at radius 2 is 1.94 bits per heavy atom. The summed E-state index contributed by atoms with van der Waals surface area (Å²) < 4.78 is 0.661. The van der Waals surface area contributed by atoms with E-state index in [4.69, 9.17) is 28.9 Å². The van der Waals surface area contributed by atoms with Gasteiger partial charge >= 0.3 is 0 Å². The van der Waals surface area contributed by atoms with E-state index in [2.05, 4.69) is 0 Å². The Bertz CT molecular complexity index is 515. The molecule has 5 heteroatoms. The van der Waals surface area contributed by atoms with Crippen LogP contribution in [0.2, 0.25) is 9.36 Å². The van der Waals surface area contributed by atoms with Crippen LogP contribution in [0.5, 0.6) is 0 Å². The van der Waals surface area contributed by atoms with Crippen LogP contribution in [-0.2, 0) is 0 Å². The fourth-order valence-electron chi connectivity index (χ4n) is 1.56. The summed E-state index contributed by atoms with van der Waals surface area (Å²) in [5.74, 6) is 0. The minimum absolute atomic E-state index is 0.494. The highest BCUT2D eigenvalue weighted by atomic mass is 35.5. The van der Waals surface area contributed by atoms with Crippen molar-refractivity contribution in [2.24, 2.45) is 5.73 Å². The van der Waals surface area contributed by atoms with E-state index < -0.39 is 12.1 Å². The molecule has 3 N–H and O–H groups in total. The third kappa shape index (κ3) is 3.00. The Hall–Kier alpha value is -0.580. The average Bonchev–Trinajstić information content (AvgIpc) is 2.74. The Kier molecular flexibility index (Phi) is 4.07. The van der Waals surface area contributed by atoms with E-state index in [9.17, 15) is 5.11 Å². The SMILES string of the molecule is N[C@H](c1ccc(Cl)s1)C(O)c1cccc(Cl)c1. The predicted octanol–water partition coefficient (Wildman–Crippen LogP) is 3.79. The summed E-state index contributed by atoms with van der Waals surface area (Å²) in [6, 6.07) is 10.1. The highest BCUT2D eigenvalue weighted by molar-refractivity contribution is 7.16. The zero-order chi connectivity index (χ0) is 12.4. The number of halogens is 2. The largest absolute Gasteiger partial charge is 0.386 e. The van der Waals surface area contributed by atoms with Crippen LogP contribution in [0.25, 0.3) is 0 Å². The maximum atomic E-state index is 10.2. The molecule has 90 valence electrons. The first-order chi connectivity index (χ1) is 8.08. The Morgan fingerprint density at radius 3 is 2.53 bits per heavy atom. The molecule has 2 aromatic rings. The molecular formula is C12H11Cl2NOS. The maximum absolute atomic E-state index is 10.2. The number of hydrogen-bond donors (Lipinski definition) is 2. The van der Waals surface area contributed by atoms with Crippen LogP contribution in [0.3, 0.4) is 0 Å². The summed E-state index contributed by atoms with van der Waals surface area (Å²) in [5, 5.41) is 10.7. The van der Waals surface area contributed by atoms with Gasteiger partial charge in [-0.1, -0.05) is 35.3 Å². The summed E-state index contributed by atoms with van der Waals surface area (Å²) in [7, 11) is 0. The third-order valence-electron chi connectivity index (χ3n) is 2.45. The number of aliphatic hydroxyl groups excluding tert-OH is 1. The standard InChI is InChI=1S/C12H11Cl2NOS/c13-8-3-1-2-7(6-8)12(16)11(15)9-4-5-10(14)17-9/h1-6,11-12,16H,15H2/t11-,12?/m1/s1. The van der Waals surface area contributed by atoms with Crippen molar-refractivity contribution in [3.63, 3.8) is 0 Å². The number of aliphatic hydroxyl groups is 1. The van der Waals surface area contributed by atoms with Gasteiger partial charge in [-0.05, 0) is 29.8 Å². The molecule has 0 aliphatic heterocycles. The van der Waals surface area contributed by atoms with Crippen LogP contribution < -0.4 is 5.73 Å². The Labute approximate surface area is 114 Å². The smallest absolute Gasteiger partial charge is 0.0991 e. The van der Waals surface area contributed by atoms with Gasteiger partial charge in [-0.15, -0.1) is 11.3 Å². The third-order valence-corrected chi connectivity index (χ3v) is 4.02. The zero-order valence-corrected chi connectivity index (χ0v) is 11.1. The normalized spacial score (nSPS) is 14.6. The van der Waals surface area contributed by atoms with Crippen LogP contribution in [0.15, 0.2) is 36.4 Å². The van der Waals surface area contributed by atoms with Crippen molar-refractivity contribution < 1.29 is 5.11 Å². The van der Waals surface area contributed by atoms with E-state index in [-0.39, 0.29) is 0 Å². The van der Waals surface area contributed by atoms with Crippen molar-refractivity contribution in [1.29, 1.82) is 0 Å². The van der Waals surface area contributed by atoms with E-state index >= 15 is 0 Å². The van der Waals surface area contributed by atoms with Gasteiger partial charge in [-0.2, -0.15) is 0 Å². The summed E-state index contributed by atoms with van der Waals surface area (Å²) in [5.41, 5.74) is 6.70. The number of hydrogen-bond acceptors (Lipinski definition) is 3. The molecule has 0 saturated carbocycles. The molecule has 1 unspecified atom stereocenters. The second-order valence-electron chi connectivity index (χ2n) is 3.67. The van der Waals surface area contributed by atoms with Gasteiger partial charge < -0.3 is 10.8 Å². The molecule has 0 spiro atoms. The first-order valence-electron chi connectivity index (χ1n) is 5.02. The molecule has 2 atom stereocenters. The highest BCUT2D eigenvalue weighted by Crippen LogP contribution is 2.33. The van der Waals surface area contributed by atoms with Crippen molar-refractivity contribution in [2.75, 3.05) is 0 Å². The van der Waals surface area contributed by atoms with E-state index in [0.717, 1.165) is 4.88 Å². The maximum Gasteiger partial charge on any atom is 0.0991 e. The van der Waals surface area contributed by atoms with Gasteiger partial charge in [0, 0.05) is 9.90 Å². The number of nitrogens with two attached hydrogens (primary N) is 1. The molecule has 0 aliphatic carbocycles. The molecule has 1 heterocycles. The van der Waals surface area contributed by atoms with Crippen LogP contribution in [0, 0.1) is 0 Å². The van der Waals surface area contributed by atoms with Crippen LogP contribution in [-0.4, -0.2) is 5.11 Å². The fraction of sp³-hybridized carbons (Fsp3) is 0.167. The number of rotatable bonds is 3. The summed E-state index contributed by atoms with van der Waals surface area (Å²) >= 11 is 13.1. The average molecular weight is 288 g/mol. The summed E-state index contributed by atoms with van der Waals surface area (Å²) in [4.78, 5) is 0.850. The second kappa shape index (κ2) is 5.38. The lowest BCUT2D eigenvalue weighted by Crippen LogP contribution is -2.18. The first kappa shape index (κ1) is 12.9. The van der Waals surface area contributed by atoms with Gasteiger partial charge in [0.15, 0.2) is 0 Å². The number of thiophene rings is 1. The quantitative estimate of drug-likeness (QED) is 0.902. The topological polar surface area (TPSA) is 46.2 Å². The van der Waals surface area contributed by atoms with Crippen LogP contribution in [0.1, 0.15) is 22.6 Å². The fourth-order valence-corrected chi connectivity index (χ4v) is 2.85. The van der Waals surface area contributed by atoms with E-state index in [1.807, 2.05) is 6.07 Å². The van der Waals surface area contributed by atoms with Crippen LogP contribution >= 0.6 is 34.5 Å². The van der Waals surface area contributed by atoms with E-state index in [1.54, 1.807) is 30.3 Å². The Morgan fingerprint density at radius 1 is 1.18 bits per heavy atom. The molecule has 0 amide bonds. The van der Waals surface area contributed by atoms with Crippen molar-refractivity contribution in [3.05, 3.63) is 56.2 Å². The number of benzene rings is 1. The monoisotopic (exact) mass is 287 g/mol. The lowest BCUT2D eigenvalue weighted by Gasteiger charge is -2.18. The molecule has 1 aromatic carbocycles. The lowest BCUT2D eigenvalue weighted by molar-refractivity contribution is 0.148. The van der Waals surface area contributed by atoms with Crippen molar-refractivity contribution in [3.8, 4) is 0 Å². The van der Waals surface area contributed by atoms with Crippen molar-refractivity contribution in [2.45, 2.75) is 12.1 Å². The van der Waals surface area contributed by atoms with E-state index in [1.165, 1.54) is 11.3 Å². The van der Waals surface area contributed by atoms with Gasteiger partial charge in [-0.3, -0.25) is 0 Å². The molecule has 0 saturated heterocycles. The molecule has 1 aromatic heterocycles. The molecule has 0 fully saturated rings. The predicted molar refractivity (Wildman–Crippen MR) is 72.7 cm³/mol. The van der Waals surface area contributed by atoms with Gasteiger partial charge in [-0.25, -0.2) is 0 Å². The molecule has 0 radical (unpaired) electrons. The highest BCUT2D eigenvalue weighted by Gasteiger charge is 2.20. The second-order valence-corrected chi connectivity index (χ2v) is 5.85. The van der Waals surface area contributed by atoms with Gasteiger partial charge in [0.2, 0.25) is 0 Å². The lowest BCUT2D eigenvalue weighted by atomic mass is 10.0. The first-order valence-corrected chi connectivity index (χ1v) is 6.59. The van der Waals surface area contributed by atoms with Crippen molar-refractivity contribution in [1.82, 2.24) is 0 Å². The summed E-state index contributed by atoms with van der Waals surface area (Å²) in [6.45, 7) is 0. The summed E-state index contributed by atoms with van der Waals surface area (Å²) in [6.07, 6.45) is -0.789. The molecule has 17 heavy (non-hydrogen) atoms. The molecule has 0 bridgehead atoms. The van der Waals surface area contributed by atoms with Crippen LogP contribution in [0.4, 0.5) is 0 Å². The van der Waals surface area contributed by atoms with Crippen molar-refractivity contribution >= 4 is 34.5 Å². The molecule has 0 aliphatic rings. The molecule has 2 rings (SSSR count). The van der Waals surface area contributed by atoms with Gasteiger partial charge in [0.05, 0.1) is 16.5 Å². The minimum atomic E-state index is -0.789. The minimum Gasteiger partial charge on any atom is -0.386 e. The van der Waals surface area contributed by atoms with Gasteiger partial charge in [0.25, 0.3) is 0 Å². The molecule has 2 nitrogen and oxygen atoms in total. The Balaban J connectivity index is 2.22. The zero-order valence-electron chi connectivity index (χ0n) is 8.81.